The SMILES string of the molecule is COCCn1c(C)cc(/C=c2\sc3n(c2=O)[C@H](c2c(OC)ccc4ccccc24)C(C(C)=O)=C(C)N=3)c1C. The molecule has 0 unspecified atom stereocenters. The van der Waals surface area contributed by atoms with Crippen LogP contribution < -0.4 is 19.6 Å². The van der Waals surface area contributed by atoms with Crippen molar-refractivity contribution in [3.63, 3.8) is 0 Å². The molecule has 0 aliphatic carbocycles. The lowest BCUT2D eigenvalue weighted by Gasteiger charge is -2.27. The van der Waals surface area contributed by atoms with E-state index in [2.05, 4.69) is 17.6 Å². The van der Waals surface area contributed by atoms with Crippen molar-refractivity contribution in [1.82, 2.24) is 9.13 Å². The van der Waals surface area contributed by atoms with Crippen molar-refractivity contribution in [2.24, 2.45) is 4.99 Å². The van der Waals surface area contributed by atoms with Crippen LogP contribution in [0.1, 0.15) is 42.4 Å². The molecule has 3 heterocycles. The van der Waals surface area contributed by atoms with E-state index in [-0.39, 0.29) is 11.3 Å². The summed E-state index contributed by atoms with van der Waals surface area (Å²) in [5, 5.41) is 1.94. The third-order valence-electron chi connectivity index (χ3n) is 7.24. The standard InChI is InChI=1S/C30H31N3O4S/c1-17-15-22(19(3)32(17)13-14-36-5)16-25-29(35)33-28(26(20(4)34)18(2)31-30(33)38-25)27-23-10-8-7-9-21(23)11-12-24(27)37-6/h7-12,15-16,28H,13-14H2,1-6H3/b25-16-/t28-/m0/s1. The van der Waals surface area contributed by atoms with Crippen LogP contribution in [0, 0.1) is 13.8 Å². The second-order valence-corrected chi connectivity index (χ2v) is 10.5. The maximum absolute atomic E-state index is 14.1. The van der Waals surface area contributed by atoms with Crippen LogP contribution in [0.2, 0.25) is 0 Å². The number of benzene rings is 2. The Hall–Kier alpha value is -3.75. The molecular weight excluding hydrogens is 498 g/mol. The number of hydrogen-bond acceptors (Lipinski definition) is 6. The van der Waals surface area contributed by atoms with Gasteiger partial charge < -0.3 is 14.0 Å². The van der Waals surface area contributed by atoms with Crippen LogP contribution in [0.5, 0.6) is 5.75 Å². The van der Waals surface area contributed by atoms with Crippen LogP contribution in [-0.2, 0) is 16.1 Å². The van der Waals surface area contributed by atoms with Crippen molar-refractivity contribution < 1.29 is 14.3 Å². The quantitative estimate of drug-likeness (QED) is 0.362. The van der Waals surface area contributed by atoms with Gasteiger partial charge >= 0.3 is 0 Å². The molecule has 2 aromatic carbocycles. The highest BCUT2D eigenvalue weighted by molar-refractivity contribution is 7.07. The number of aromatic nitrogens is 2. The first-order chi connectivity index (χ1) is 18.3. The molecule has 0 N–H and O–H groups in total. The van der Waals surface area contributed by atoms with Gasteiger partial charge in [0.05, 0.1) is 24.3 Å². The summed E-state index contributed by atoms with van der Waals surface area (Å²) < 4.78 is 15.5. The fourth-order valence-electron chi connectivity index (χ4n) is 5.42. The van der Waals surface area contributed by atoms with Crippen LogP contribution in [-0.4, -0.2) is 35.7 Å². The number of fused-ring (bicyclic) bond motifs is 2. The van der Waals surface area contributed by atoms with Crippen molar-refractivity contribution in [3.05, 3.63) is 95.9 Å². The molecule has 0 amide bonds. The Balaban J connectivity index is 1.79. The Kier molecular flexibility index (Phi) is 6.94. The van der Waals surface area contributed by atoms with E-state index in [1.54, 1.807) is 18.8 Å². The summed E-state index contributed by atoms with van der Waals surface area (Å²) >= 11 is 1.34. The molecule has 8 heteroatoms. The number of allylic oxidation sites excluding steroid dienone is 2. The van der Waals surface area contributed by atoms with Gasteiger partial charge in [-0.15, -0.1) is 0 Å². The van der Waals surface area contributed by atoms with Crippen LogP contribution in [0.4, 0.5) is 0 Å². The molecule has 4 aromatic rings. The molecular formula is C30H31N3O4S. The molecule has 38 heavy (non-hydrogen) atoms. The van der Waals surface area contributed by atoms with Gasteiger partial charge in [0.25, 0.3) is 5.56 Å². The number of aryl methyl sites for hydroxylation is 1. The Labute approximate surface area is 225 Å². The van der Waals surface area contributed by atoms with Crippen LogP contribution in [0.3, 0.4) is 0 Å². The average molecular weight is 530 g/mol. The molecule has 0 saturated heterocycles. The van der Waals surface area contributed by atoms with Gasteiger partial charge in [0.15, 0.2) is 10.6 Å². The summed E-state index contributed by atoms with van der Waals surface area (Å²) in [6, 6.07) is 13.3. The van der Waals surface area contributed by atoms with Gasteiger partial charge in [-0.3, -0.25) is 14.2 Å². The van der Waals surface area contributed by atoms with E-state index < -0.39 is 6.04 Å². The normalized spacial score (nSPS) is 15.6. The molecule has 0 bridgehead atoms. The summed E-state index contributed by atoms with van der Waals surface area (Å²) in [7, 11) is 3.30. The molecule has 1 atom stereocenters. The lowest BCUT2D eigenvalue weighted by Crippen LogP contribution is -2.39. The van der Waals surface area contributed by atoms with Crippen molar-refractivity contribution in [2.45, 2.75) is 40.3 Å². The minimum atomic E-state index is -0.652. The number of methoxy groups -OCH3 is 2. The Morgan fingerprint density at radius 2 is 1.89 bits per heavy atom. The van der Waals surface area contributed by atoms with E-state index in [4.69, 9.17) is 14.5 Å². The molecule has 0 saturated carbocycles. The first kappa shape index (κ1) is 25.9. The van der Waals surface area contributed by atoms with Crippen LogP contribution in [0.25, 0.3) is 16.8 Å². The zero-order valence-corrected chi connectivity index (χ0v) is 23.3. The minimum absolute atomic E-state index is 0.123. The van der Waals surface area contributed by atoms with Gasteiger partial charge in [-0.05, 0) is 62.2 Å². The third-order valence-corrected chi connectivity index (χ3v) is 8.23. The van der Waals surface area contributed by atoms with Crippen molar-refractivity contribution in [1.29, 1.82) is 0 Å². The second-order valence-electron chi connectivity index (χ2n) is 9.51. The highest BCUT2D eigenvalue weighted by atomic mass is 32.1. The fraction of sp³-hybridized carbons (Fsp3) is 0.300. The van der Waals surface area contributed by atoms with Gasteiger partial charge in [-0.1, -0.05) is 41.7 Å². The Bertz CT molecular complexity index is 1790. The van der Waals surface area contributed by atoms with Crippen LogP contribution in [0.15, 0.2) is 63.5 Å². The van der Waals surface area contributed by atoms with Crippen molar-refractivity contribution in [3.8, 4) is 5.75 Å². The molecule has 0 spiro atoms. The topological polar surface area (TPSA) is 74.8 Å². The van der Waals surface area contributed by atoms with Gasteiger partial charge in [-0.2, -0.15) is 0 Å². The lowest BCUT2D eigenvalue weighted by atomic mass is 9.89. The van der Waals surface area contributed by atoms with Crippen molar-refractivity contribution in [2.75, 3.05) is 20.8 Å². The number of carbonyl (C=O) groups excluding carboxylic acids is 1. The van der Waals surface area contributed by atoms with Gasteiger partial charge in [0, 0.05) is 41.9 Å². The first-order valence-corrected chi connectivity index (χ1v) is 13.3. The number of hydrogen-bond donors (Lipinski definition) is 0. The van der Waals surface area contributed by atoms with E-state index in [1.807, 2.05) is 56.3 Å². The molecule has 1 aliphatic rings. The summed E-state index contributed by atoms with van der Waals surface area (Å²) in [6.07, 6.45) is 1.93. The monoisotopic (exact) mass is 529 g/mol. The van der Waals surface area contributed by atoms with E-state index in [1.165, 1.54) is 18.3 Å². The zero-order chi connectivity index (χ0) is 27.1. The second kappa shape index (κ2) is 10.2. The fourth-order valence-corrected chi connectivity index (χ4v) is 6.46. The third kappa shape index (κ3) is 4.23. The van der Waals surface area contributed by atoms with Gasteiger partial charge in [0.1, 0.15) is 5.75 Å². The number of ketones is 1. The van der Waals surface area contributed by atoms with E-state index in [0.717, 1.165) is 39.8 Å². The van der Waals surface area contributed by atoms with Gasteiger partial charge in [0.2, 0.25) is 0 Å². The lowest BCUT2D eigenvalue weighted by molar-refractivity contribution is -0.114. The predicted molar refractivity (Wildman–Crippen MR) is 151 cm³/mol. The summed E-state index contributed by atoms with van der Waals surface area (Å²) in [5.41, 5.74) is 4.87. The Morgan fingerprint density at radius 3 is 2.61 bits per heavy atom. The molecule has 7 nitrogen and oxygen atoms in total. The summed E-state index contributed by atoms with van der Waals surface area (Å²) in [4.78, 5) is 32.4. The number of rotatable bonds is 7. The highest BCUT2D eigenvalue weighted by Gasteiger charge is 2.33. The smallest absolute Gasteiger partial charge is 0.271 e. The molecule has 196 valence electrons. The molecule has 5 rings (SSSR count). The zero-order valence-electron chi connectivity index (χ0n) is 22.5. The van der Waals surface area contributed by atoms with Gasteiger partial charge in [-0.25, -0.2) is 4.99 Å². The van der Waals surface area contributed by atoms with Crippen molar-refractivity contribution >= 4 is 34.0 Å². The van der Waals surface area contributed by atoms with Crippen LogP contribution >= 0.6 is 11.3 Å². The predicted octanol–water partition coefficient (Wildman–Crippen LogP) is 4.05. The first-order valence-electron chi connectivity index (χ1n) is 12.5. The maximum atomic E-state index is 14.1. The number of nitrogens with zero attached hydrogens (tertiary/aromatic N) is 3. The molecule has 0 fully saturated rings. The average Bonchev–Trinajstić information content (AvgIpc) is 3.34. The minimum Gasteiger partial charge on any atom is -0.496 e. The summed E-state index contributed by atoms with van der Waals surface area (Å²) in [5.74, 6) is 0.501. The van der Waals surface area contributed by atoms with E-state index in [0.29, 0.717) is 33.0 Å². The van der Waals surface area contributed by atoms with E-state index >= 15 is 0 Å². The Morgan fingerprint density at radius 1 is 1.13 bits per heavy atom. The number of ether oxygens (including phenoxy) is 2. The molecule has 0 radical (unpaired) electrons. The number of thiazole rings is 1. The largest absolute Gasteiger partial charge is 0.496 e. The highest BCUT2D eigenvalue weighted by Crippen LogP contribution is 2.40. The summed E-state index contributed by atoms with van der Waals surface area (Å²) in [6.45, 7) is 8.82. The maximum Gasteiger partial charge on any atom is 0.271 e. The van der Waals surface area contributed by atoms with E-state index in [9.17, 15) is 9.59 Å². The number of carbonyl (C=O) groups is 1. The number of Topliss-reactive ketones (excluding diaryl/α,β-unsaturated/α-hetero) is 1. The molecule has 1 aliphatic heterocycles. The molecule has 2 aromatic heterocycles.